The molecule has 1 N–H and O–H groups in total. The number of nitrogens with zero attached hydrogens (tertiary/aromatic N) is 2. The fraction of sp³-hybridized carbons (Fsp3) is 0.188. The number of halogens is 1. The molecule has 1 aromatic heterocycles. The van der Waals surface area contributed by atoms with Crippen molar-refractivity contribution in [2.24, 2.45) is 7.05 Å². The summed E-state index contributed by atoms with van der Waals surface area (Å²) in [5.41, 5.74) is 2.53. The van der Waals surface area contributed by atoms with Gasteiger partial charge in [0.15, 0.2) is 11.9 Å². The Labute approximate surface area is 121 Å². The maximum absolute atomic E-state index is 13.4. The summed E-state index contributed by atoms with van der Waals surface area (Å²) in [5.74, 6) is 1.34. The zero-order chi connectivity index (χ0) is 14.4. The van der Waals surface area contributed by atoms with Gasteiger partial charge in [-0.25, -0.2) is 9.37 Å². The minimum absolute atomic E-state index is 0.194. The van der Waals surface area contributed by atoms with Gasteiger partial charge in [0, 0.05) is 7.05 Å². The van der Waals surface area contributed by atoms with E-state index in [-0.39, 0.29) is 11.9 Å². The summed E-state index contributed by atoms with van der Waals surface area (Å²) in [6, 6.07) is 12.4. The molecule has 4 rings (SSSR count). The van der Waals surface area contributed by atoms with Gasteiger partial charge >= 0.3 is 0 Å². The first-order chi connectivity index (χ1) is 10.2. The quantitative estimate of drug-likeness (QED) is 0.745. The molecule has 3 aromatic rings. The second-order valence-corrected chi connectivity index (χ2v) is 5.15. The highest BCUT2D eigenvalue weighted by Gasteiger charge is 2.25. The van der Waals surface area contributed by atoms with Gasteiger partial charge in [-0.3, -0.25) is 0 Å². The number of hydrogen-bond acceptors (Lipinski definition) is 3. The first-order valence-corrected chi connectivity index (χ1v) is 6.84. The van der Waals surface area contributed by atoms with E-state index in [4.69, 9.17) is 4.74 Å². The summed E-state index contributed by atoms with van der Waals surface area (Å²) in [7, 11) is 1.88. The number of aryl methyl sites for hydroxylation is 1. The Morgan fingerprint density at radius 3 is 3.05 bits per heavy atom. The van der Waals surface area contributed by atoms with E-state index < -0.39 is 0 Å². The van der Waals surface area contributed by atoms with E-state index in [1.54, 1.807) is 6.07 Å². The second kappa shape index (κ2) is 4.48. The van der Waals surface area contributed by atoms with Gasteiger partial charge in [-0.1, -0.05) is 12.1 Å². The zero-order valence-electron chi connectivity index (χ0n) is 11.5. The predicted octanol–water partition coefficient (Wildman–Crippen LogP) is 3.26. The van der Waals surface area contributed by atoms with Gasteiger partial charge < -0.3 is 14.6 Å². The largest absolute Gasteiger partial charge is 0.478 e. The molecule has 4 nitrogen and oxygen atoms in total. The third-order valence-corrected chi connectivity index (χ3v) is 3.80. The van der Waals surface area contributed by atoms with Gasteiger partial charge in [0.2, 0.25) is 0 Å². The van der Waals surface area contributed by atoms with E-state index in [2.05, 4.69) is 10.3 Å². The molecule has 1 aliphatic rings. The molecule has 0 amide bonds. The normalized spacial score (nSPS) is 17.1. The van der Waals surface area contributed by atoms with Crippen LogP contribution in [0, 0.1) is 5.82 Å². The Balaban J connectivity index is 1.76. The highest BCUT2D eigenvalue weighted by molar-refractivity contribution is 5.76. The Hall–Kier alpha value is -2.56. The number of benzene rings is 2. The number of hydrogen-bond donors (Lipinski definition) is 1. The van der Waals surface area contributed by atoms with E-state index in [0.717, 1.165) is 28.3 Å². The molecule has 1 unspecified atom stereocenters. The van der Waals surface area contributed by atoms with Gasteiger partial charge in [0.25, 0.3) is 0 Å². The van der Waals surface area contributed by atoms with Gasteiger partial charge in [0.05, 0.1) is 23.3 Å². The third-order valence-electron chi connectivity index (χ3n) is 3.80. The Kier molecular flexibility index (Phi) is 2.60. The summed E-state index contributed by atoms with van der Waals surface area (Å²) in [5, 5.41) is 3.34. The molecule has 2 aromatic carbocycles. The van der Waals surface area contributed by atoms with Crippen molar-refractivity contribution < 1.29 is 9.13 Å². The minimum atomic E-state index is -0.259. The highest BCUT2D eigenvalue weighted by atomic mass is 19.1. The third kappa shape index (κ3) is 1.93. The number of fused-ring (bicyclic) bond motifs is 2. The van der Waals surface area contributed by atoms with E-state index in [1.807, 2.05) is 35.9 Å². The molecular weight excluding hydrogens is 269 g/mol. The first kappa shape index (κ1) is 12.2. The molecule has 106 valence electrons. The lowest BCUT2D eigenvalue weighted by molar-refractivity contribution is 0.197. The van der Waals surface area contributed by atoms with Crippen molar-refractivity contribution in [2.75, 3.05) is 11.9 Å². The molecule has 2 heterocycles. The number of imidazole rings is 1. The van der Waals surface area contributed by atoms with Crippen LogP contribution in [0.1, 0.15) is 11.9 Å². The molecule has 0 saturated carbocycles. The molecular formula is C16H14FN3O. The van der Waals surface area contributed by atoms with Crippen LogP contribution in [-0.2, 0) is 7.05 Å². The van der Waals surface area contributed by atoms with Gasteiger partial charge in [-0.05, 0) is 30.3 Å². The molecule has 1 atom stereocenters. The molecule has 1 aliphatic heterocycles. The van der Waals surface area contributed by atoms with Crippen molar-refractivity contribution in [1.82, 2.24) is 9.55 Å². The lowest BCUT2D eigenvalue weighted by Gasteiger charge is -2.26. The van der Waals surface area contributed by atoms with Crippen molar-refractivity contribution in [1.29, 1.82) is 0 Å². The van der Waals surface area contributed by atoms with Crippen LogP contribution in [0.2, 0.25) is 0 Å². The summed E-state index contributed by atoms with van der Waals surface area (Å²) < 4.78 is 21.3. The van der Waals surface area contributed by atoms with Gasteiger partial charge in [-0.2, -0.15) is 0 Å². The van der Waals surface area contributed by atoms with E-state index in [1.165, 1.54) is 12.1 Å². The summed E-state index contributed by atoms with van der Waals surface area (Å²) in [6.45, 7) is 0.636. The number of para-hydroxylation sites is 2. The van der Waals surface area contributed by atoms with Gasteiger partial charge in [-0.15, -0.1) is 0 Å². The van der Waals surface area contributed by atoms with E-state index in [0.29, 0.717) is 6.54 Å². The first-order valence-electron chi connectivity index (χ1n) is 6.84. The summed E-state index contributed by atoms with van der Waals surface area (Å²) in [6.07, 6.45) is -0.194. The number of ether oxygens (including phenoxy) is 1. The van der Waals surface area contributed by atoms with Crippen molar-refractivity contribution in [3.05, 3.63) is 54.1 Å². The number of rotatable bonds is 1. The van der Waals surface area contributed by atoms with Crippen LogP contribution >= 0.6 is 0 Å². The Morgan fingerprint density at radius 1 is 1.29 bits per heavy atom. The smallest absolute Gasteiger partial charge is 0.173 e. The van der Waals surface area contributed by atoms with Crippen LogP contribution in [0.3, 0.4) is 0 Å². The molecule has 0 radical (unpaired) electrons. The van der Waals surface area contributed by atoms with Crippen molar-refractivity contribution in [3.8, 4) is 5.75 Å². The van der Waals surface area contributed by atoms with Crippen LogP contribution in [0.15, 0.2) is 42.5 Å². The fourth-order valence-corrected chi connectivity index (χ4v) is 2.73. The summed E-state index contributed by atoms with van der Waals surface area (Å²) >= 11 is 0. The molecule has 0 aliphatic carbocycles. The number of nitrogens with one attached hydrogen (secondary N) is 1. The second-order valence-electron chi connectivity index (χ2n) is 5.15. The summed E-state index contributed by atoms with van der Waals surface area (Å²) in [4.78, 5) is 4.58. The minimum Gasteiger partial charge on any atom is -0.478 e. The van der Waals surface area contributed by atoms with Crippen LogP contribution in [0.4, 0.5) is 10.1 Å². The molecule has 0 saturated heterocycles. The lowest BCUT2D eigenvalue weighted by Crippen LogP contribution is -2.25. The predicted molar refractivity (Wildman–Crippen MR) is 79.0 cm³/mol. The molecule has 0 spiro atoms. The standard InChI is InChI=1S/C16H14FN3O/c1-20-13-8-10(17)6-7-11(13)19-16(20)15-9-18-12-4-2-3-5-14(12)21-15/h2-8,15,18H,9H2,1H3. The number of aromatic nitrogens is 2. The average molecular weight is 283 g/mol. The van der Waals surface area contributed by atoms with Crippen LogP contribution < -0.4 is 10.1 Å². The van der Waals surface area contributed by atoms with Gasteiger partial charge in [0.1, 0.15) is 11.6 Å². The fourth-order valence-electron chi connectivity index (χ4n) is 2.73. The SMILES string of the molecule is Cn1c(C2CNc3ccccc3O2)nc2ccc(F)cc21. The molecule has 0 bridgehead atoms. The van der Waals surface area contributed by atoms with Crippen molar-refractivity contribution in [3.63, 3.8) is 0 Å². The van der Waals surface area contributed by atoms with E-state index in [9.17, 15) is 4.39 Å². The van der Waals surface area contributed by atoms with Crippen LogP contribution in [0.25, 0.3) is 11.0 Å². The van der Waals surface area contributed by atoms with Crippen LogP contribution in [0.5, 0.6) is 5.75 Å². The molecule has 5 heteroatoms. The number of anilines is 1. The highest BCUT2D eigenvalue weighted by Crippen LogP contribution is 2.34. The lowest BCUT2D eigenvalue weighted by atomic mass is 10.2. The average Bonchev–Trinajstić information content (AvgIpc) is 2.84. The zero-order valence-corrected chi connectivity index (χ0v) is 11.5. The topological polar surface area (TPSA) is 39.1 Å². The maximum Gasteiger partial charge on any atom is 0.173 e. The molecule has 0 fully saturated rings. The maximum atomic E-state index is 13.4. The van der Waals surface area contributed by atoms with Crippen LogP contribution in [-0.4, -0.2) is 16.1 Å². The Morgan fingerprint density at radius 2 is 2.14 bits per heavy atom. The van der Waals surface area contributed by atoms with E-state index >= 15 is 0 Å². The Bertz CT molecular complexity index is 828. The molecule has 21 heavy (non-hydrogen) atoms. The van der Waals surface area contributed by atoms with Crippen molar-refractivity contribution in [2.45, 2.75) is 6.10 Å². The monoisotopic (exact) mass is 283 g/mol. The van der Waals surface area contributed by atoms with Crippen molar-refractivity contribution >= 4 is 16.7 Å².